The zero-order valence-electron chi connectivity index (χ0n) is 14.3. The normalized spacial score (nSPS) is 12.3. The lowest BCUT2D eigenvalue weighted by Crippen LogP contribution is -2.20. The molecular weight excluding hydrogens is 356 g/mol. The third-order valence-electron chi connectivity index (χ3n) is 3.57. The molecule has 0 aliphatic heterocycles. The summed E-state index contributed by atoms with van der Waals surface area (Å²) in [6, 6.07) is 9.82. The molecule has 0 amide bonds. The van der Waals surface area contributed by atoms with Crippen LogP contribution >= 0.6 is 11.3 Å². The number of hydrogen-bond acceptors (Lipinski definition) is 5. The molecule has 25 heavy (non-hydrogen) atoms. The Morgan fingerprint density at radius 1 is 1.20 bits per heavy atom. The molecule has 0 spiro atoms. The highest BCUT2D eigenvalue weighted by Gasteiger charge is 2.30. The van der Waals surface area contributed by atoms with E-state index in [1.807, 2.05) is 51.1 Å². The topological polar surface area (TPSA) is 76.9 Å². The van der Waals surface area contributed by atoms with Gasteiger partial charge in [-0.1, -0.05) is 51.1 Å². The molecule has 0 atom stereocenters. The zero-order valence-corrected chi connectivity index (χ0v) is 15.9. The molecule has 0 saturated heterocycles. The third kappa shape index (κ3) is 4.08. The molecule has 0 radical (unpaired) electrons. The molecule has 1 N–H and O–H groups in total. The van der Waals surface area contributed by atoms with E-state index in [0.29, 0.717) is 17.4 Å². The van der Waals surface area contributed by atoms with E-state index in [2.05, 4.69) is 14.8 Å². The van der Waals surface area contributed by atoms with Gasteiger partial charge in [0.05, 0.1) is 12.2 Å². The summed E-state index contributed by atoms with van der Waals surface area (Å²) in [7, 11) is -3.75. The number of rotatable bonds is 5. The summed E-state index contributed by atoms with van der Waals surface area (Å²) in [6.45, 7) is 6.36. The van der Waals surface area contributed by atoms with Crippen LogP contribution < -0.4 is 4.72 Å². The van der Waals surface area contributed by atoms with Gasteiger partial charge >= 0.3 is 0 Å². The van der Waals surface area contributed by atoms with E-state index < -0.39 is 15.4 Å². The summed E-state index contributed by atoms with van der Waals surface area (Å²) in [4.78, 5) is 4.18. The van der Waals surface area contributed by atoms with Crippen LogP contribution in [0.5, 0.6) is 0 Å². The number of nitrogens with zero attached hydrogens (tertiary/aromatic N) is 3. The van der Waals surface area contributed by atoms with Gasteiger partial charge in [-0.05, 0) is 5.56 Å². The molecule has 3 rings (SSSR count). The minimum Gasteiger partial charge on any atom is -0.267 e. The van der Waals surface area contributed by atoms with Gasteiger partial charge in [0.2, 0.25) is 0 Å². The molecule has 0 aliphatic rings. The van der Waals surface area contributed by atoms with Gasteiger partial charge in [0.15, 0.2) is 5.13 Å². The maximum Gasteiger partial charge on any atom is 0.267 e. The van der Waals surface area contributed by atoms with Crippen LogP contribution in [0.4, 0.5) is 5.13 Å². The average Bonchev–Trinajstić information content (AvgIpc) is 3.17. The van der Waals surface area contributed by atoms with E-state index in [-0.39, 0.29) is 4.90 Å². The summed E-state index contributed by atoms with van der Waals surface area (Å²) < 4.78 is 29.9. The van der Waals surface area contributed by atoms with Crippen molar-refractivity contribution in [2.45, 2.75) is 37.6 Å². The van der Waals surface area contributed by atoms with Crippen molar-refractivity contribution in [2.75, 3.05) is 4.72 Å². The molecule has 0 aliphatic carbocycles. The van der Waals surface area contributed by atoms with Crippen LogP contribution in [0, 0.1) is 0 Å². The lowest BCUT2D eigenvalue weighted by molar-refractivity contribution is 0.533. The Hall–Kier alpha value is -2.19. The lowest BCUT2D eigenvalue weighted by Gasteiger charge is -2.17. The number of aromatic nitrogens is 3. The molecule has 1 aromatic carbocycles. The molecule has 0 unspecified atom stereocenters. The first-order valence-corrected chi connectivity index (χ1v) is 10.2. The van der Waals surface area contributed by atoms with Crippen LogP contribution in [0.2, 0.25) is 0 Å². The number of nitrogens with one attached hydrogen (secondary N) is 1. The quantitative estimate of drug-likeness (QED) is 0.739. The molecule has 132 valence electrons. The molecule has 0 fully saturated rings. The van der Waals surface area contributed by atoms with Gasteiger partial charge in [0.25, 0.3) is 10.0 Å². The van der Waals surface area contributed by atoms with Gasteiger partial charge in [-0.3, -0.25) is 9.40 Å². The first kappa shape index (κ1) is 17.6. The predicted octanol–water partition coefficient (Wildman–Crippen LogP) is 3.49. The van der Waals surface area contributed by atoms with Crippen LogP contribution in [0.1, 0.15) is 32.0 Å². The minimum absolute atomic E-state index is 0.186. The van der Waals surface area contributed by atoms with Gasteiger partial charge in [0.1, 0.15) is 4.90 Å². The van der Waals surface area contributed by atoms with Crippen LogP contribution in [0.15, 0.2) is 53.0 Å². The Bertz CT molecular complexity index is 940. The van der Waals surface area contributed by atoms with Crippen LogP contribution in [0.3, 0.4) is 0 Å². The third-order valence-corrected chi connectivity index (χ3v) is 5.73. The highest BCUT2D eigenvalue weighted by molar-refractivity contribution is 7.93. The predicted molar refractivity (Wildman–Crippen MR) is 99.4 cm³/mol. The largest absolute Gasteiger partial charge is 0.267 e. The van der Waals surface area contributed by atoms with Crippen molar-refractivity contribution < 1.29 is 8.42 Å². The number of sulfonamides is 1. The van der Waals surface area contributed by atoms with Crippen molar-refractivity contribution >= 4 is 26.5 Å². The fourth-order valence-electron chi connectivity index (χ4n) is 2.41. The van der Waals surface area contributed by atoms with Crippen molar-refractivity contribution in [1.29, 1.82) is 0 Å². The average molecular weight is 377 g/mol. The van der Waals surface area contributed by atoms with Gasteiger partial charge in [-0.15, -0.1) is 11.3 Å². The Kier molecular flexibility index (Phi) is 4.66. The van der Waals surface area contributed by atoms with Crippen LogP contribution in [0.25, 0.3) is 0 Å². The minimum atomic E-state index is -3.75. The second-order valence-corrected chi connectivity index (χ2v) is 9.26. The Balaban J connectivity index is 1.99. The van der Waals surface area contributed by atoms with Crippen molar-refractivity contribution in [1.82, 2.24) is 14.8 Å². The van der Waals surface area contributed by atoms with Gasteiger partial charge in [-0.2, -0.15) is 5.10 Å². The maximum absolute atomic E-state index is 12.8. The fraction of sp³-hybridized carbons (Fsp3) is 0.294. The second-order valence-electron chi connectivity index (χ2n) is 6.72. The van der Waals surface area contributed by atoms with Gasteiger partial charge in [0, 0.05) is 23.2 Å². The van der Waals surface area contributed by atoms with Crippen molar-refractivity contribution in [3.8, 4) is 0 Å². The van der Waals surface area contributed by atoms with E-state index in [4.69, 9.17) is 0 Å². The van der Waals surface area contributed by atoms with Crippen molar-refractivity contribution in [2.24, 2.45) is 0 Å². The first-order chi connectivity index (χ1) is 11.8. The summed E-state index contributed by atoms with van der Waals surface area (Å²) in [5, 5.41) is 6.62. The summed E-state index contributed by atoms with van der Waals surface area (Å²) >= 11 is 1.24. The van der Waals surface area contributed by atoms with E-state index in [9.17, 15) is 8.42 Å². The molecule has 3 aromatic rings. The summed E-state index contributed by atoms with van der Waals surface area (Å²) in [5.74, 6) is 0. The first-order valence-electron chi connectivity index (χ1n) is 7.80. The van der Waals surface area contributed by atoms with Crippen molar-refractivity contribution in [3.05, 3.63) is 59.4 Å². The molecule has 0 saturated carbocycles. The van der Waals surface area contributed by atoms with E-state index in [0.717, 1.165) is 5.56 Å². The van der Waals surface area contributed by atoms with Crippen molar-refractivity contribution in [3.63, 3.8) is 0 Å². The summed E-state index contributed by atoms with van der Waals surface area (Å²) in [5.41, 5.74) is 1.18. The molecular formula is C17H20N4O2S2. The van der Waals surface area contributed by atoms with Crippen LogP contribution in [-0.2, 0) is 22.0 Å². The highest BCUT2D eigenvalue weighted by atomic mass is 32.2. The highest BCUT2D eigenvalue weighted by Crippen LogP contribution is 2.29. The number of thiazole rings is 1. The number of anilines is 1. The standard InChI is InChI=1S/C17H20N4O2S2/c1-17(2,3)15-14(25(22,23)20-16-18-9-10-24-16)12-21(19-15)11-13-7-5-4-6-8-13/h4-10,12H,11H2,1-3H3,(H,18,20). The maximum atomic E-state index is 12.8. The lowest BCUT2D eigenvalue weighted by atomic mass is 9.92. The fourth-order valence-corrected chi connectivity index (χ4v) is 4.56. The molecule has 2 heterocycles. The van der Waals surface area contributed by atoms with Crippen LogP contribution in [-0.4, -0.2) is 23.2 Å². The monoisotopic (exact) mass is 376 g/mol. The number of benzene rings is 1. The molecule has 0 bridgehead atoms. The molecule has 2 aromatic heterocycles. The molecule has 8 heteroatoms. The van der Waals surface area contributed by atoms with Gasteiger partial charge < -0.3 is 0 Å². The Morgan fingerprint density at radius 2 is 1.92 bits per heavy atom. The number of hydrogen-bond donors (Lipinski definition) is 1. The Labute approximate surface area is 151 Å². The Morgan fingerprint density at radius 3 is 2.52 bits per heavy atom. The smallest absolute Gasteiger partial charge is 0.267 e. The van der Waals surface area contributed by atoms with Gasteiger partial charge in [-0.25, -0.2) is 13.4 Å². The second kappa shape index (κ2) is 6.61. The SMILES string of the molecule is CC(C)(C)c1nn(Cc2ccccc2)cc1S(=O)(=O)Nc1nccs1. The molecule has 6 nitrogen and oxygen atoms in total. The summed E-state index contributed by atoms with van der Waals surface area (Å²) in [6.07, 6.45) is 3.15. The van der Waals surface area contributed by atoms with E-state index >= 15 is 0 Å². The van der Waals surface area contributed by atoms with E-state index in [1.54, 1.807) is 22.5 Å². The van der Waals surface area contributed by atoms with E-state index in [1.165, 1.54) is 11.3 Å². The zero-order chi connectivity index (χ0) is 18.1.